The summed E-state index contributed by atoms with van der Waals surface area (Å²) < 4.78 is 0. The number of carbonyl (C=O) groups excluding carboxylic acids is 4. The number of fused-ring (bicyclic) bond motifs is 4. The Kier molecular flexibility index (Phi) is 9.61. The van der Waals surface area contributed by atoms with Crippen molar-refractivity contribution < 1.29 is 24.3 Å². The number of nitrogens with two attached hydrogens (primary N) is 1. The summed E-state index contributed by atoms with van der Waals surface area (Å²) in [6.07, 6.45) is 0.691. The molecule has 0 radical (unpaired) electrons. The van der Waals surface area contributed by atoms with Crippen LogP contribution in [-0.2, 0) is 16.0 Å². The van der Waals surface area contributed by atoms with Crippen molar-refractivity contribution in [2.24, 2.45) is 11.7 Å². The number of hydrogen-bond donors (Lipinski definition) is 7. The first-order valence-electron chi connectivity index (χ1n) is 16.2. The van der Waals surface area contributed by atoms with Gasteiger partial charge in [0, 0.05) is 58.9 Å². The van der Waals surface area contributed by atoms with Gasteiger partial charge in [-0.05, 0) is 71.8 Å². The number of H-pyrrole nitrogens is 1. The molecular weight excluding hydrogens is 622 g/mol. The van der Waals surface area contributed by atoms with Gasteiger partial charge in [-0.1, -0.05) is 38.1 Å². The molecule has 6 rings (SSSR count). The zero-order valence-electron chi connectivity index (χ0n) is 27.3. The molecule has 4 amide bonds. The average molecular weight is 662 g/mol. The lowest BCUT2D eigenvalue weighted by Crippen LogP contribution is -2.50. The Balaban J connectivity index is 1.06. The quantitative estimate of drug-likeness (QED) is 0.111. The van der Waals surface area contributed by atoms with Gasteiger partial charge < -0.3 is 42.0 Å². The fraction of sp³-hybridized carbons (Fsp3) is 0.243. The monoisotopic (exact) mass is 661 g/mol. The van der Waals surface area contributed by atoms with Crippen LogP contribution in [-0.4, -0.2) is 65.9 Å². The lowest BCUT2D eigenvalue weighted by molar-refractivity contribution is -0.126. The molecule has 1 aromatic heterocycles. The average Bonchev–Trinajstić information content (AvgIpc) is 3.72. The number of aromatic nitrogens is 1. The van der Waals surface area contributed by atoms with Crippen molar-refractivity contribution in [1.82, 2.24) is 15.6 Å². The fourth-order valence-corrected chi connectivity index (χ4v) is 6.19. The van der Waals surface area contributed by atoms with E-state index >= 15 is 0 Å². The summed E-state index contributed by atoms with van der Waals surface area (Å²) in [5, 5.41) is 24.4. The van der Waals surface area contributed by atoms with E-state index < -0.39 is 11.9 Å². The number of anilines is 3. The number of nitrogens with zero attached hydrogens (tertiary/aromatic N) is 1. The highest BCUT2D eigenvalue weighted by Crippen LogP contribution is 2.40. The maximum absolute atomic E-state index is 13.6. The summed E-state index contributed by atoms with van der Waals surface area (Å²) in [7, 11) is 0. The third-order valence-electron chi connectivity index (χ3n) is 8.65. The summed E-state index contributed by atoms with van der Waals surface area (Å²) in [4.78, 5) is 56.5. The summed E-state index contributed by atoms with van der Waals surface area (Å²) in [6.45, 7) is 5.02. The molecule has 4 aromatic carbocycles. The van der Waals surface area contributed by atoms with E-state index in [1.165, 1.54) is 0 Å². The molecule has 252 valence electrons. The van der Waals surface area contributed by atoms with E-state index in [1.54, 1.807) is 59.5 Å². The van der Waals surface area contributed by atoms with Crippen LogP contribution in [0, 0.1) is 5.92 Å². The largest absolute Gasteiger partial charge is 0.507 e. The highest BCUT2D eigenvalue weighted by molar-refractivity contribution is 6.11. The summed E-state index contributed by atoms with van der Waals surface area (Å²) >= 11 is 0. The molecule has 0 fully saturated rings. The number of rotatable bonds is 11. The van der Waals surface area contributed by atoms with E-state index in [9.17, 15) is 24.3 Å². The first-order chi connectivity index (χ1) is 23.6. The first-order valence-corrected chi connectivity index (χ1v) is 16.2. The summed E-state index contributed by atoms with van der Waals surface area (Å²) in [5.41, 5.74) is 9.82. The number of amides is 4. The number of carbonyl (C=O) groups is 4. The maximum Gasteiger partial charge on any atom is 0.274 e. The Labute approximate surface area is 283 Å². The molecule has 1 atom stereocenters. The van der Waals surface area contributed by atoms with Crippen molar-refractivity contribution in [1.29, 1.82) is 0 Å². The van der Waals surface area contributed by atoms with Gasteiger partial charge in [-0.15, -0.1) is 0 Å². The van der Waals surface area contributed by atoms with Crippen molar-refractivity contribution >= 4 is 62.4 Å². The van der Waals surface area contributed by atoms with Gasteiger partial charge in [-0.25, -0.2) is 0 Å². The fourth-order valence-electron chi connectivity index (χ4n) is 6.19. The Morgan fingerprint density at radius 2 is 1.65 bits per heavy atom. The molecule has 0 unspecified atom stereocenters. The lowest BCUT2D eigenvalue weighted by Gasteiger charge is -2.21. The number of aromatic hydroxyl groups is 1. The van der Waals surface area contributed by atoms with Crippen LogP contribution in [0.5, 0.6) is 5.75 Å². The Morgan fingerprint density at radius 1 is 0.918 bits per heavy atom. The summed E-state index contributed by atoms with van der Waals surface area (Å²) in [5.74, 6) is -1.06. The number of hydrogen-bond acceptors (Lipinski definition) is 7. The molecule has 0 bridgehead atoms. The van der Waals surface area contributed by atoms with E-state index in [1.807, 2.05) is 38.1 Å². The molecule has 12 heteroatoms. The molecule has 5 aromatic rings. The van der Waals surface area contributed by atoms with Crippen molar-refractivity contribution in [3.63, 3.8) is 0 Å². The predicted octanol–water partition coefficient (Wildman–Crippen LogP) is 4.11. The SMILES string of the molecule is CC(C)[C@H](NCCN)C(=O)NCC(=O)Nc1ccc(C(=O)Nc2ccc3[nH]c(C(=O)N4CCc5c4cc(O)c4ccccc54)cc3c2)cc1. The van der Waals surface area contributed by atoms with Gasteiger partial charge in [0.25, 0.3) is 11.8 Å². The molecule has 8 N–H and O–H groups in total. The molecule has 0 spiro atoms. The van der Waals surface area contributed by atoms with Crippen LogP contribution in [0.4, 0.5) is 17.1 Å². The van der Waals surface area contributed by atoms with Gasteiger partial charge in [-0.3, -0.25) is 19.2 Å². The van der Waals surface area contributed by atoms with Gasteiger partial charge in [0.1, 0.15) is 11.4 Å². The van der Waals surface area contributed by atoms with Gasteiger partial charge >= 0.3 is 0 Å². The normalized spacial score (nSPS) is 13.0. The zero-order valence-corrected chi connectivity index (χ0v) is 27.3. The van der Waals surface area contributed by atoms with Crippen LogP contribution < -0.4 is 31.9 Å². The first kappa shape index (κ1) is 33.2. The second kappa shape index (κ2) is 14.2. The molecule has 0 saturated heterocycles. The summed E-state index contributed by atoms with van der Waals surface area (Å²) in [6, 6.07) is 22.3. The van der Waals surface area contributed by atoms with Crippen molar-refractivity contribution in [2.75, 3.05) is 41.7 Å². The van der Waals surface area contributed by atoms with Crippen molar-refractivity contribution in [3.8, 4) is 5.75 Å². The third-order valence-corrected chi connectivity index (χ3v) is 8.65. The Bertz CT molecular complexity index is 2050. The molecule has 12 nitrogen and oxygen atoms in total. The lowest BCUT2D eigenvalue weighted by atomic mass is 10.0. The maximum atomic E-state index is 13.6. The predicted molar refractivity (Wildman–Crippen MR) is 191 cm³/mol. The molecule has 49 heavy (non-hydrogen) atoms. The number of nitrogens with one attached hydrogen (secondary N) is 5. The van der Waals surface area contributed by atoms with Crippen LogP contribution in [0.1, 0.15) is 40.3 Å². The van der Waals surface area contributed by atoms with E-state index in [0.29, 0.717) is 54.4 Å². The van der Waals surface area contributed by atoms with Crippen LogP contribution >= 0.6 is 0 Å². The van der Waals surface area contributed by atoms with Crippen LogP contribution in [0.15, 0.2) is 78.9 Å². The van der Waals surface area contributed by atoms with E-state index in [-0.39, 0.29) is 35.9 Å². The molecule has 0 saturated carbocycles. The van der Waals surface area contributed by atoms with Gasteiger partial charge in [0.05, 0.1) is 18.3 Å². The van der Waals surface area contributed by atoms with Crippen LogP contribution in [0.3, 0.4) is 0 Å². The molecule has 1 aliphatic heterocycles. The van der Waals surface area contributed by atoms with Gasteiger partial charge in [0.15, 0.2) is 0 Å². The van der Waals surface area contributed by atoms with Gasteiger partial charge in [0.2, 0.25) is 11.8 Å². The number of aromatic amines is 1. The Hall–Kier alpha value is -5.72. The van der Waals surface area contributed by atoms with E-state index in [0.717, 1.165) is 27.2 Å². The van der Waals surface area contributed by atoms with Crippen molar-refractivity contribution in [2.45, 2.75) is 26.3 Å². The minimum absolute atomic E-state index is 0.0251. The Morgan fingerprint density at radius 3 is 2.39 bits per heavy atom. The smallest absolute Gasteiger partial charge is 0.274 e. The highest BCUT2D eigenvalue weighted by Gasteiger charge is 2.29. The number of benzene rings is 4. The molecule has 0 aliphatic carbocycles. The zero-order chi connectivity index (χ0) is 34.7. The van der Waals surface area contributed by atoms with Crippen molar-refractivity contribution in [3.05, 3.63) is 95.7 Å². The topological polar surface area (TPSA) is 182 Å². The second-order valence-corrected chi connectivity index (χ2v) is 12.4. The molecule has 1 aliphatic rings. The standard InChI is InChI=1S/C37H39N7O5/c1-21(2)34(39-15-14-38)36(48)40-20-33(46)41-24-9-7-22(8-10-24)35(47)42-25-11-12-29-23(17-25)18-30(43-29)37(49)44-16-13-27-26-5-3-4-6-28(26)32(45)19-31(27)44/h3-12,17-19,21,34,39,43,45H,13-16,20,38H2,1-2H3,(H,40,48)(H,41,46)(H,42,47)/t34-/m0/s1. The van der Waals surface area contributed by atoms with E-state index in [4.69, 9.17) is 5.73 Å². The second-order valence-electron chi connectivity index (χ2n) is 12.4. The molecule has 2 heterocycles. The number of phenolic OH excluding ortho intramolecular Hbond substituents is 1. The number of phenols is 1. The third kappa shape index (κ3) is 7.10. The van der Waals surface area contributed by atoms with Crippen LogP contribution in [0.25, 0.3) is 21.7 Å². The molecular formula is C37H39N7O5. The minimum atomic E-state index is -0.456. The van der Waals surface area contributed by atoms with E-state index in [2.05, 4.69) is 26.3 Å². The minimum Gasteiger partial charge on any atom is -0.507 e. The highest BCUT2D eigenvalue weighted by atomic mass is 16.3. The van der Waals surface area contributed by atoms with Crippen LogP contribution in [0.2, 0.25) is 0 Å². The van der Waals surface area contributed by atoms with Gasteiger partial charge in [-0.2, -0.15) is 0 Å².